The van der Waals surface area contributed by atoms with Gasteiger partial charge in [0.1, 0.15) is 0 Å². The van der Waals surface area contributed by atoms with Crippen molar-refractivity contribution in [1.82, 2.24) is 0 Å². The average molecular weight is 277 g/mol. The predicted molar refractivity (Wildman–Crippen MR) is 87.7 cm³/mol. The smallest absolute Gasteiger partial charge is 0.00116 e. The first-order valence-electron chi connectivity index (χ1n) is 7.56. The van der Waals surface area contributed by atoms with Crippen LogP contribution in [-0.2, 0) is 0 Å². The standard InChI is InChI=1S/C15H32S2/c1-15(17)13-11-9-7-5-3-2-4-6-8-10-12-14-16/h15-17H,2-14H2,1H3. The summed E-state index contributed by atoms with van der Waals surface area (Å²) in [5, 5.41) is 0.590. The van der Waals surface area contributed by atoms with Gasteiger partial charge in [-0.3, -0.25) is 0 Å². The third-order valence-electron chi connectivity index (χ3n) is 3.28. The number of thiol groups is 2. The summed E-state index contributed by atoms with van der Waals surface area (Å²) in [4.78, 5) is 0. The SMILES string of the molecule is CC(S)CCCCCCCCCCCCCS. The lowest BCUT2D eigenvalue weighted by Gasteiger charge is -2.04. The molecule has 2 heteroatoms. The molecule has 0 saturated carbocycles. The maximum absolute atomic E-state index is 4.40. The molecule has 0 aliphatic rings. The molecular weight excluding hydrogens is 244 g/mol. The van der Waals surface area contributed by atoms with E-state index in [2.05, 4.69) is 32.2 Å². The number of rotatable bonds is 13. The van der Waals surface area contributed by atoms with Crippen LogP contribution in [0.2, 0.25) is 0 Å². The molecule has 0 bridgehead atoms. The molecule has 1 atom stereocenters. The highest BCUT2D eigenvalue weighted by atomic mass is 32.1. The van der Waals surface area contributed by atoms with E-state index in [9.17, 15) is 0 Å². The van der Waals surface area contributed by atoms with Gasteiger partial charge in [-0.1, -0.05) is 71.1 Å². The van der Waals surface area contributed by atoms with E-state index in [4.69, 9.17) is 0 Å². The summed E-state index contributed by atoms with van der Waals surface area (Å²) in [6.07, 6.45) is 16.8. The molecule has 0 heterocycles. The fraction of sp³-hybridized carbons (Fsp3) is 1.00. The Morgan fingerprint density at radius 2 is 1.00 bits per heavy atom. The Labute approximate surface area is 120 Å². The molecule has 0 spiro atoms. The predicted octanol–water partition coefficient (Wildman–Crippen LogP) is 5.92. The molecule has 0 amide bonds. The van der Waals surface area contributed by atoms with Gasteiger partial charge < -0.3 is 0 Å². The molecule has 104 valence electrons. The van der Waals surface area contributed by atoms with Crippen LogP contribution in [0.4, 0.5) is 0 Å². The topological polar surface area (TPSA) is 0 Å². The van der Waals surface area contributed by atoms with Crippen molar-refractivity contribution in [2.75, 3.05) is 5.75 Å². The molecule has 0 nitrogen and oxygen atoms in total. The van der Waals surface area contributed by atoms with Gasteiger partial charge in [0.15, 0.2) is 0 Å². The molecule has 0 aromatic carbocycles. The van der Waals surface area contributed by atoms with Gasteiger partial charge in [-0.15, -0.1) is 0 Å². The third kappa shape index (κ3) is 16.7. The first-order chi connectivity index (χ1) is 8.27. The Morgan fingerprint density at radius 1 is 0.647 bits per heavy atom. The fourth-order valence-corrected chi connectivity index (χ4v) is 2.55. The number of hydrogen-bond donors (Lipinski definition) is 2. The van der Waals surface area contributed by atoms with Gasteiger partial charge in [0.2, 0.25) is 0 Å². The van der Waals surface area contributed by atoms with Crippen LogP contribution < -0.4 is 0 Å². The van der Waals surface area contributed by atoms with Crippen molar-refractivity contribution in [2.24, 2.45) is 0 Å². The summed E-state index contributed by atoms with van der Waals surface area (Å²) in [6, 6.07) is 0. The summed E-state index contributed by atoms with van der Waals surface area (Å²) in [6.45, 7) is 2.19. The molecule has 0 N–H and O–H groups in total. The zero-order valence-electron chi connectivity index (χ0n) is 11.7. The number of hydrogen-bond acceptors (Lipinski definition) is 2. The number of unbranched alkanes of at least 4 members (excludes halogenated alkanes) is 10. The van der Waals surface area contributed by atoms with Gasteiger partial charge in [-0.25, -0.2) is 0 Å². The van der Waals surface area contributed by atoms with Gasteiger partial charge in [0, 0.05) is 0 Å². The van der Waals surface area contributed by atoms with E-state index < -0.39 is 0 Å². The molecular formula is C15H32S2. The maximum Gasteiger partial charge on any atom is -0.00116 e. The zero-order chi connectivity index (χ0) is 12.8. The molecule has 0 saturated heterocycles. The molecule has 17 heavy (non-hydrogen) atoms. The molecule has 0 aliphatic carbocycles. The van der Waals surface area contributed by atoms with Crippen molar-refractivity contribution in [3.05, 3.63) is 0 Å². The van der Waals surface area contributed by atoms with Crippen LogP contribution in [0.15, 0.2) is 0 Å². The lowest BCUT2D eigenvalue weighted by Crippen LogP contribution is -1.90. The first kappa shape index (κ1) is 17.7. The zero-order valence-corrected chi connectivity index (χ0v) is 13.5. The van der Waals surface area contributed by atoms with E-state index in [1.54, 1.807) is 0 Å². The van der Waals surface area contributed by atoms with Crippen LogP contribution in [0, 0.1) is 0 Å². The summed E-state index contributed by atoms with van der Waals surface area (Å²) < 4.78 is 0. The molecule has 0 radical (unpaired) electrons. The van der Waals surface area contributed by atoms with Gasteiger partial charge in [-0.2, -0.15) is 25.3 Å². The minimum Gasteiger partial charge on any atom is -0.179 e. The highest BCUT2D eigenvalue weighted by Gasteiger charge is 1.95. The highest BCUT2D eigenvalue weighted by molar-refractivity contribution is 7.80. The maximum atomic E-state index is 4.40. The third-order valence-corrected chi connectivity index (χ3v) is 3.85. The molecule has 1 unspecified atom stereocenters. The van der Waals surface area contributed by atoms with Gasteiger partial charge in [0.05, 0.1) is 0 Å². The molecule has 0 aromatic heterocycles. The van der Waals surface area contributed by atoms with Crippen LogP contribution in [-0.4, -0.2) is 11.0 Å². The van der Waals surface area contributed by atoms with E-state index >= 15 is 0 Å². The van der Waals surface area contributed by atoms with Crippen molar-refractivity contribution < 1.29 is 0 Å². The first-order valence-corrected chi connectivity index (χ1v) is 8.71. The van der Waals surface area contributed by atoms with Crippen molar-refractivity contribution >= 4 is 25.3 Å². The van der Waals surface area contributed by atoms with Gasteiger partial charge in [-0.05, 0) is 23.8 Å². The Morgan fingerprint density at radius 3 is 1.35 bits per heavy atom. The van der Waals surface area contributed by atoms with Crippen molar-refractivity contribution in [1.29, 1.82) is 0 Å². The highest BCUT2D eigenvalue weighted by Crippen LogP contribution is 2.13. The summed E-state index contributed by atoms with van der Waals surface area (Å²) in [7, 11) is 0. The van der Waals surface area contributed by atoms with Gasteiger partial charge >= 0.3 is 0 Å². The Kier molecular flexibility index (Phi) is 15.4. The minimum atomic E-state index is 0.590. The van der Waals surface area contributed by atoms with E-state index in [0.29, 0.717) is 5.25 Å². The monoisotopic (exact) mass is 276 g/mol. The van der Waals surface area contributed by atoms with Crippen molar-refractivity contribution in [2.45, 2.75) is 89.2 Å². The lowest BCUT2D eigenvalue weighted by atomic mass is 10.0. The molecule has 0 fully saturated rings. The Bertz CT molecular complexity index is 135. The molecule has 0 rings (SSSR count). The normalized spacial score (nSPS) is 12.9. The summed E-state index contributed by atoms with van der Waals surface area (Å²) >= 11 is 8.63. The second-order valence-electron chi connectivity index (χ2n) is 5.25. The van der Waals surface area contributed by atoms with E-state index in [-0.39, 0.29) is 0 Å². The molecule has 0 aromatic rings. The van der Waals surface area contributed by atoms with Crippen LogP contribution in [0.3, 0.4) is 0 Å². The van der Waals surface area contributed by atoms with Crippen molar-refractivity contribution in [3.8, 4) is 0 Å². The van der Waals surface area contributed by atoms with E-state index in [1.807, 2.05) is 0 Å². The van der Waals surface area contributed by atoms with E-state index in [0.717, 1.165) is 5.75 Å². The molecule has 0 aliphatic heterocycles. The second kappa shape index (κ2) is 14.8. The quantitative estimate of drug-likeness (QED) is 0.303. The summed E-state index contributed by atoms with van der Waals surface area (Å²) in [5.41, 5.74) is 0. The Balaban J connectivity index is 2.89. The van der Waals surface area contributed by atoms with Gasteiger partial charge in [0.25, 0.3) is 0 Å². The van der Waals surface area contributed by atoms with Crippen LogP contribution in [0.25, 0.3) is 0 Å². The average Bonchev–Trinajstić information content (AvgIpc) is 2.30. The largest absolute Gasteiger partial charge is 0.179 e. The van der Waals surface area contributed by atoms with Crippen LogP contribution in [0.1, 0.15) is 84.0 Å². The fourth-order valence-electron chi connectivity index (χ4n) is 2.14. The van der Waals surface area contributed by atoms with E-state index in [1.165, 1.54) is 77.0 Å². The lowest BCUT2D eigenvalue weighted by molar-refractivity contribution is 0.544. The van der Waals surface area contributed by atoms with Crippen LogP contribution >= 0.6 is 25.3 Å². The Hall–Kier alpha value is 0.700. The minimum absolute atomic E-state index is 0.590. The van der Waals surface area contributed by atoms with Crippen molar-refractivity contribution in [3.63, 3.8) is 0 Å². The second-order valence-corrected chi connectivity index (χ2v) is 6.58. The summed E-state index contributed by atoms with van der Waals surface area (Å²) in [5.74, 6) is 1.06. The van der Waals surface area contributed by atoms with Crippen LogP contribution in [0.5, 0.6) is 0 Å².